The normalized spacial score (nSPS) is 12.0. The second kappa shape index (κ2) is 4.80. The van der Waals surface area contributed by atoms with Gasteiger partial charge in [0.2, 0.25) is 5.75 Å². The number of rotatable bonds is 4. The van der Waals surface area contributed by atoms with Gasteiger partial charge in [-0.2, -0.15) is 0 Å². The molecular formula is C10H14N2O4. The molecule has 0 aliphatic carbocycles. The van der Waals surface area contributed by atoms with Crippen LogP contribution in [0.3, 0.4) is 0 Å². The van der Waals surface area contributed by atoms with E-state index in [1.165, 1.54) is 20.3 Å². The molecule has 1 aromatic carbocycles. The molecule has 1 aromatic rings. The van der Waals surface area contributed by atoms with Gasteiger partial charge in [0.15, 0.2) is 5.75 Å². The highest BCUT2D eigenvalue weighted by Gasteiger charge is 2.22. The second-order valence-electron chi connectivity index (χ2n) is 3.32. The zero-order chi connectivity index (χ0) is 12.3. The molecule has 0 spiro atoms. The number of ether oxygens (including phenoxy) is 2. The Morgan fingerprint density at radius 2 is 2.00 bits per heavy atom. The average Bonchev–Trinajstić information content (AvgIpc) is 2.26. The predicted octanol–water partition coefficient (Wildman–Crippen LogP) is 1.63. The third-order valence-corrected chi connectivity index (χ3v) is 2.20. The summed E-state index contributed by atoms with van der Waals surface area (Å²) in [6.07, 6.45) is 0. The maximum atomic E-state index is 10.9. The third-order valence-electron chi connectivity index (χ3n) is 2.20. The average molecular weight is 226 g/mol. The van der Waals surface area contributed by atoms with Gasteiger partial charge in [-0.3, -0.25) is 10.1 Å². The van der Waals surface area contributed by atoms with Gasteiger partial charge in [0.25, 0.3) is 0 Å². The van der Waals surface area contributed by atoms with Crippen molar-refractivity contribution in [1.29, 1.82) is 0 Å². The van der Waals surface area contributed by atoms with Gasteiger partial charge in [0.1, 0.15) is 0 Å². The minimum absolute atomic E-state index is 0.108. The zero-order valence-corrected chi connectivity index (χ0v) is 9.39. The van der Waals surface area contributed by atoms with Crippen molar-refractivity contribution in [1.82, 2.24) is 0 Å². The van der Waals surface area contributed by atoms with Crippen LogP contribution in [-0.2, 0) is 0 Å². The molecule has 16 heavy (non-hydrogen) atoms. The van der Waals surface area contributed by atoms with Crippen LogP contribution < -0.4 is 15.2 Å². The Labute approximate surface area is 93.1 Å². The fraction of sp³-hybridized carbons (Fsp3) is 0.400. The Bertz CT molecular complexity index is 404. The summed E-state index contributed by atoms with van der Waals surface area (Å²) >= 11 is 0. The number of hydrogen-bond acceptors (Lipinski definition) is 5. The summed E-state index contributed by atoms with van der Waals surface area (Å²) in [5, 5.41) is 10.9. The molecule has 0 saturated carbocycles. The van der Waals surface area contributed by atoms with E-state index in [2.05, 4.69) is 0 Å². The van der Waals surface area contributed by atoms with Crippen LogP contribution >= 0.6 is 0 Å². The van der Waals surface area contributed by atoms with Crippen LogP contribution in [-0.4, -0.2) is 19.1 Å². The first-order valence-corrected chi connectivity index (χ1v) is 4.67. The van der Waals surface area contributed by atoms with E-state index in [9.17, 15) is 10.1 Å². The summed E-state index contributed by atoms with van der Waals surface area (Å²) in [5.41, 5.74) is 6.16. The van der Waals surface area contributed by atoms with Gasteiger partial charge in [0, 0.05) is 12.1 Å². The summed E-state index contributed by atoms with van der Waals surface area (Å²) in [6, 6.07) is 2.72. The van der Waals surface area contributed by atoms with Gasteiger partial charge in [-0.15, -0.1) is 0 Å². The van der Waals surface area contributed by atoms with Gasteiger partial charge in [0.05, 0.1) is 19.1 Å². The van der Waals surface area contributed by atoms with Crippen molar-refractivity contribution >= 4 is 5.69 Å². The standard InChI is InChI=1S/C10H14N2O4/c1-6(11)7-4-8(12(13)14)10(16-3)9(5-7)15-2/h4-6H,11H2,1-3H3. The lowest BCUT2D eigenvalue weighted by Gasteiger charge is -2.12. The molecule has 0 radical (unpaired) electrons. The Hall–Kier alpha value is -1.82. The largest absolute Gasteiger partial charge is 0.493 e. The summed E-state index contributed by atoms with van der Waals surface area (Å²) in [4.78, 5) is 10.3. The van der Waals surface area contributed by atoms with E-state index in [1.54, 1.807) is 13.0 Å². The van der Waals surface area contributed by atoms with E-state index < -0.39 is 4.92 Å². The maximum Gasteiger partial charge on any atom is 0.315 e. The van der Waals surface area contributed by atoms with E-state index in [1.807, 2.05) is 0 Å². The molecule has 1 rings (SSSR count). The van der Waals surface area contributed by atoms with E-state index in [4.69, 9.17) is 15.2 Å². The molecule has 0 bridgehead atoms. The Kier molecular flexibility index (Phi) is 3.68. The lowest BCUT2D eigenvalue weighted by molar-refractivity contribution is -0.385. The lowest BCUT2D eigenvalue weighted by Crippen LogP contribution is -2.07. The van der Waals surface area contributed by atoms with Crippen molar-refractivity contribution < 1.29 is 14.4 Å². The molecule has 0 heterocycles. The van der Waals surface area contributed by atoms with Crippen molar-refractivity contribution in [3.8, 4) is 11.5 Å². The van der Waals surface area contributed by atoms with Gasteiger partial charge < -0.3 is 15.2 Å². The van der Waals surface area contributed by atoms with Crippen molar-refractivity contribution in [2.24, 2.45) is 5.73 Å². The first kappa shape index (κ1) is 12.3. The molecular weight excluding hydrogens is 212 g/mol. The van der Waals surface area contributed by atoms with E-state index >= 15 is 0 Å². The molecule has 0 amide bonds. The first-order valence-electron chi connectivity index (χ1n) is 4.67. The highest BCUT2D eigenvalue weighted by molar-refractivity contribution is 5.58. The van der Waals surface area contributed by atoms with Crippen LogP contribution in [0.25, 0.3) is 0 Å². The van der Waals surface area contributed by atoms with Gasteiger partial charge in [-0.05, 0) is 18.6 Å². The van der Waals surface area contributed by atoms with Crippen LogP contribution in [0.1, 0.15) is 18.5 Å². The number of benzene rings is 1. The number of nitrogens with two attached hydrogens (primary N) is 1. The van der Waals surface area contributed by atoms with Crippen molar-refractivity contribution in [3.63, 3.8) is 0 Å². The lowest BCUT2D eigenvalue weighted by atomic mass is 10.1. The molecule has 6 heteroatoms. The third kappa shape index (κ3) is 2.22. The fourth-order valence-corrected chi connectivity index (χ4v) is 1.36. The first-order chi connectivity index (χ1) is 7.51. The molecule has 2 N–H and O–H groups in total. The summed E-state index contributed by atoms with van der Waals surface area (Å²) < 4.78 is 9.99. The predicted molar refractivity (Wildman–Crippen MR) is 58.8 cm³/mol. The Morgan fingerprint density at radius 1 is 1.38 bits per heavy atom. The fourth-order valence-electron chi connectivity index (χ4n) is 1.36. The minimum Gasteiger partial charge on any atom is -0.493 e. The van der Waals surface area contributed by atoms with E-state index in [0.29, 0.717) is 11.3 Å². The number of nitrogens with zero attached hydrogens (tertiary/aromatic N) is 1. The molecule has 0 aliphatic heterocycles. The van der Waals surface area contributed by atoms with Crippen LogP contribution in [0.4, 0.5) is 5.69 Å². The molecule has 88 valence electrons. The highest BCUT2D eigenvalue weighted by Crippen LogP contribution is 2.38. The second-order valence-corrected chi connectivity index (χ2v) is 3.32. The summed E-state index contributed by atoms with van der Waals surface area (Å²) in [7, 11) is 2.78. The van der Waals surface area contributed by atoms with Crippen molar-refractivity contribution in [3.05, 3.63) is 27.8 Å². The van der Waals surface area contributed by atoms with Crippen molar-refractivity contribution in [2.75, 3.05) is 14.2 Å². The Morgan fingerprint density at radius 3 is 2.38 bits per heavy atom. The van der Waals surface area contributed by atoms with Crippen LogP contribution in [0, 0.1) is 10.1 Å². The molecule has 1 unspecified atom stereocenters. The van der Waals surface area contributed by atoms with E-state index in [-0.39, 0.29) is 17.5 Å². The number of hydrogen-bond donors (Lipinski definition) is 1. The molecule has 0 saturated heterocycles. The zero-order valence-electron chi connectivity index (χ0n) is 9.39. The quantitative estimate of drug-likeness (QED) is 0.622. The topological polar surface area (TPSA) is 87.6 Å². The molecule has 6 nitrogen and oxygen atoms in total. The van der Waals surface area contributed by atoms with Crippen LogP contribution in [0.15, 0.2) is 12.1 Å². The van der Waals surface area contributed by atoms with Crippen molar-refractivity contribution in [2.45, 2.75) is 13.0 Å². The molecule has 0 fully saturated rings. The monoisotopic (exact) mass is 226 g/mol. The Balaban J connectivity index is 3.43. The molecule has 0 aromatic heterocycles. The SMILES string of the molecule is COc1cc(C(C)N)cc([N+](=O)[O-])c1OC. The maximum absolute atomic E-state index is 10.9. The highest BCUT2D eigenvalue weighted by atomic mass is 16.6. The number of methoxy groups -OCH3 is 2. The van der Waals surface area contributed by atoms with Gasteiger partial charge in [-0.1, -0.05) is 0 Å². The van der Waals surface area contributed by atoms with Crippen LogP contribution in [0.5, 0.6) is 11.5 Å². The van der Waals surface area contributed by atoms with E-state index in [0.717, 1.165) is 0 Å². The van der Waals surface area contributed by atoms with Gasteiger partial charge >= 0.3 is 5.69 Å². The minimum atomic E-state index is -0.521. The summed E-state index contributed by atoms with van der Waals surface area (Å²) in [6.45, 7) is 1.74. The molecule has 1 atom stereocenters. The van der Waals surface area contributed by atoms with Gasteiger partial charge in [-0.25, -0.2) is 0 Å². The van der Waals surface area contributed by atoms with Crippen LogP contribution in [0.2, 0.25) is 0 Å². The number of nitro benzene ring substituents is 1. The summed E-state index contributed by atoms with van der Waals surface area (Å²) in [5.74, 6) is 0.418. The smallest absolute Gasteiger partial charge is 0.315 e. The molecule has 0 aliphatic rings. The number of nitro groups is 1.